The monoisotopic (exact) mass is 452 g/mol. The second-order valence-corrected chi connectivity index (χ2v) is 7.61. The molecule has 0 aliphatic carbocycles. The van der Waals surface area contributed by atoms with Gasteiger partial charge in [0, 0.05) is 37.4 Å². The highest BCUT2D eigenvalue weighted by atomic mass is 19.4. The fraction of sp³-hybridized carbons (Fsp3) is 0.261. The van der Waals surface area contributed by atoms with Gasteiger partial charge in [0.2, 0.25) is 0 Å². The van der Waals surface area contributed by atoms with Crippen LogP contribution in [0.3, 0.4) is 0 Å². The summed E-state index contributed by atoms with van der Waals surface area (Å²) in [7, 11) is 0. The van der Waals surface area contributed by atoms with Crippen LogP contribution in [0, 0.1) is 0 Å². The topological polar surface area (TPSA) is 23.6 Å². The van der Waals surface area contributed by atoms with Gasteiger partial charge in [-0.2, -0.15) is 26.3 Å². The van der Waals surface area contributed by atoms with Gasteiger partial charge >= 0.3 is 12.4 Å². The van der Waals surface area contributed by atoms with Crippen molar-refractivity contribution >= 4 is 22.4 Å². The molecule has 3 nitrogen and oxygen atoms in total. The average Bonchev–Trinajstić information content (AvgIpc) is 2.77. The third-order valence-electron chi connectivity index (χ3n) is 5.50. The van der Waals surface area contributed by atoms with E-state index in [1.54, 1.807) is 17.0 Å². The molecule has 0 N–H and O–H groups in total. The third kappa shape index (κ3) is 4.51. The van der Waals surface area contributed by atoms with E-state index in [0.29, 0.717) is 5.56 Å². The maximum absolute atomic E-state index is 13.1. The third-order valence-corrected chi connectivity index (χ3v) is 5.50. The number of hydrogen-bond donors (Lipinski definition) is 0. The van der Waals surface area contributed by atoms with E-state index in [1.165, 1.54) is 4.90 Å². The van der Waals surface area contributed by atoms with Crippen molar-refractivity contribution in [3.05, 3.63) is 77.4 Å². The van der Waals surface area contributed by atoms with Gasteiger partial charge < -0.3 is 9.80 Å². The van der Waals surface area contributed by atoms with Crippen LogP contribution in [0.4, 0.5) is 32.0 Å². The average molecular weight is 452 g/mol. The second kappa shape index (κ2) is 8.03. The molecule has 0 radical (unpaired) electrons. The van der Waals surface area contributed by atoms with Crippen LogP contribution in [0.1, 0.15) is 21.5 Å². The first-order chi connectivity index (χ1) is 15.0. The zero-order valence-corrected chi connectivity index (χ0v) is 16.7. The zero-order valence-electron chi connectivity index (χ0n) is 16.7. The van der Waals surface area contributed by atoms with Crippen molar-refractivity contribution in [3.8, 4) is 0 Å². The Morgan fingerprint density at radius 2 is 1.25 bits per heavy atom. The number of fused-ring (bicyclic) bond motifs is 1. The number of benzene rings is 3. The molecule has 0 spiro atoms. The lowest BCUT2D eigenvalue weighted by Crippen LogP contribution is -2.48. The number of carbonyl (C=O) groups excluding carboxylic acids is 1. The van der Waals surface area contributed by atoms with E-state index in [4.69, 9.17) is 0 Å². The number of halogens is 6. The summed E-state index contributed by atoms with van der Waals surface area (Å²) in [5, 5.41) is 1.89. The molecule has 1 aliphatic heterocycles. The van der Waals surface area contributed by atoms with Crippen molar-refractivity contribution in [2.45, 2.75) is 12.4 Å². The SMILES string of the molecule is O=C(c1ccc2ccccc2c1)N1CCN(c2cc(C(F)(F)F)cc(C(F)(F)F)c2)CC1. The maximum atomic E-state index is 13.1. The van der Waals surface area contributed by atoms with Gasteiger partial charge in [0.1, 0.15) is 0 Å². The highest BCUT2D eigenvalue weighted by Crippen LogP contribution is 2.38. The quantitative estimate of drug-likeness (QED) is 0.456. The van der Waals surface area contributed by atoms with Crippen molar-refractivity contribution in [3.63, 3.8) is 0 Å². The van der Waals surface area contributed by atoms with E-state index in [9.17, 15) is 31.1 Å². The molecule has 1 amide bonds. The molecule has 4 rings (SSSR count). The van der Waals surface area contributed by atoms with Gasteiger partial charge in [-0.15, -0.1) is 0 Å². The molecule has 1 saturated heterocycles. The van der Waals surface area contributed by atoms with E-state index in [-0.39, 0.29) is 43.8 Å². The van der Waals surface area contributed by atoms with Crippen molar-refractivity contribution in [1.29, 1.82) is 0 Å². The lowest BCUT2D eigenvalue weighted by Gasteiger charge is -2.36. The van der Waals surface area contributed by atoms with Gasteiger partial charge in [0.05, 0.1) is 11.1 Å². The molecular weight excluding hydrogens is 434 g/mol. The highest BCUT2D eigenvalue weighted by molar-refractivity contribution is 5.98. The van der Waals surface area contributed by atoms with Gasteiger partial charge in [-0.1, -0.05) is 30.3 Å². The standard InChI is InChI=1S/C23H18F6N2O/c24-22(25,26)18-12-19(23(27,28)29)14-20(13-18)30-7-9-31(10-8-30)21(32)17-6-5-15-3-1-2-4-16(15)11-17/h1-6,11-14H,7-10H2. The van der Waals surface area contributed by atoms with Gasteiger partial charge in [-0.05, 0) is 41.1 Å². The van der Waals surface area contributed by atoms with E-state index in [2.05, 4.69) is 0 Å². The summed E-state index contributed by atoms with van der Waals surface area (Å²) in [6.07, 6.45) is -9.80. The summed E-state index contributed by atoms with van der Waals surface area (Å²) >= 11 is 0. The van der Waals surface area contributed by atoms with Gasteiger partial charge in [0.15, 0.2) is 0 Å². The number of nitrogens with zero attached hydrogens (tertiary/aromatic N) is 2. The largest absolute Gasteiger partial charge is 0.416 e. The summed E-state index contributed by atoms with van der Waals surface area (Å²) in [6.45, 7) is 0.613. The van der Waals surface area contributed by atoms with Crippen LogP contribution in [0.2, 0.25) is 0 Å². The molecule has 1 heterocycles. The van der Waals surface area contributed by atoms with Crippen molar-refractivity contribution in [1.82, 2.24) is 4.90 Å². The van der Waals surface area contributed by atoms with E-state index in [1.807, 2.05) is 30.3 Å². The molecule has 3 aromatic rings. The normalized spacial score (nSPS) is 15.3. The van der Waals surface area contributed by atoms with Gasteiger partial charge in [0.25, 0.3) is 5.91 Å². The predicted molar refractivity (Wildman–Crippen MR) is 109 cm³/mol. The number of carbonyl (C=O) groups is 1. The Bertz CT molecular complexity index is 1110. The molecule has 1 aliphatic rings. The molecular formula is C23H18F6N2O. The van der Waals surface area contributed by atoms with Crippen LogP contribution in [-0.2, 0) is 12.4 Å². The minimum Gasteiger partial charge on any atom is -0.368 e. The minimum atomic E-state index is -4.90. The van der Waals surface area contributed by atoms with E-state index >= 15 is 0 Å². The molecule has 0 atom stereocenters. The Kier molecular flexibility index (Phi) is 5.52. The summed E-state index contributed by atoms with van der Waals surface area (Å²) in [6, 6.07) is 14.4. The summed E-state index contributed by atoms with van der Waals surface area (Å²) in [4.78, 5) is 15.9. The summed E-state index contributed by atoms with van der Waals surface area (Å²) < 4.78 is 78.8. The Labute approximate surface area is 179 Å². The van der Waals surface area contributed by atoms with E-state index < -0.39 is 23.5 Å². The van der Waals surface area contributed by atoms with Crippen LogP contribution in [-0.4, -0.2) is 37.0 Å². The van der Waals surface area contributed by atoms with Gasteiger partial charge in [-0.25, -0.2) is 0 Å². The Balaban J connectivity index is 1.52. The fourth-order valence-electron chi connectivity index (χ4n) is 3.79. The lowest BCUT2D eigenvalue weighted by molar-refractivity contribution is -0.143. The molecule has 32 heavy (non-hydrogen) atoms. The number of alkyl halides is 6. The molecule has 0 unspecified atom stereocenters. The number of anilines is 1. The van der Waals surface area contributed by atoms with Crippen molar-refractivity contribution in [2.24, 2.45) is 0 Å². The number of hydrogen-bond acceptors (Lipinski definition) is 2. The number of amides is 1. The highest BCUT2D eigenvalue weighted by Gasteiger charge is 2.37. The first-order valence-electron chi connectivity index (χ1n) is 9.85. The molecule has 0 bridgehead atoms. The molecule has 9 heteroatoms. The molecule has 1 fully saturated rings. The Morgan fingerprint density at radius 3 is 1.81 bits per heavy atom. The second-order valence-electron chi connectivity index (χ2n) is 7.61. The summed E-state index contributed by atoms with van der Waals surface area (Å²) in [5.41, 5.74) is -2.38. The van der Waals surface area contributed by atoms with Crippen molar-refractivity contribution < 1.29 is 31.1 Å². The van der Waals surface area contributed by atoms with Gasteiger partial charge in [-0.3, -0.25) is 4.79 Å². The van der Waals surface area contributed by atoms with Crippen LogP contribution in [0.15, 0.2) is 60.7 Å². The fourth-order valence-corrected chi connectivity index (χ4v) is 3.79. The van der Waals surface area contributed by atoms with Crippen molar-refractivity contribution in [2.75, 3.05) is 31.1 Å². The molecule has 168 valence electrons. The van der Waals surface area contributed by atoms with E-state index in [0.717, 1.165) is 22.9 Å². The minimum absolute atomic E-state index is 0.114. The van der Waals surface area contributed by atoms with Crippen LogP contribution >= 0.6 is 0 Å². The first kappa shape index (κ1) is 22.0. The first-order valence-corrected chi connectivity index (χ1v) is 9.85. The Hall–Kier alpha value is -3.23. The zero-order chi connectivity index (χ0) is 23.1. The summed E-state index contributed by atoms with van der Waals surface area (Å²) in [5.74, 6) is -0.226. The van der Waals surface area contributed by atoms with Crippen LogP contribution < -0.4 is 4.90 Å². The predicted octanol–water partition coefficient (Wildman–Crippen LogP) is 5.84. The smallest absolute Gasteiger partial charge is 0.368 e. The van der Waals surface area contributed by atoms with Crippen LogP contribution in [0.5, 0.6) is 0 Å². The molecule has 3 aromatic carbocycles. The van der Waals surface area contributed by atoms with Crippen LogP contribution in [0.25, 0.3) is 10.8 Å². The molecule has 0 aromatic heterocycles. The molecule has 0 saturated carbocycles. The Morgan fingerprint density at radius 1 is 0.688 bits per heavy atom. The number of rotatable bonds is 2. The maximum Gasteiger partial charge on any atom is 0.416 e. The lowest BCUT2D eigenvalue weighted by atomic mass is 10.1. The number of piperazine rings is 1.